The van der Waals surface area contributed by atoms with Crippen molar-refractivity contribution in [2.45, 2.75) is 24.8 Å². The number of halogens is 2. The number of aromatic nitrogens is 2. The van der Waals surface area contributed by atoms with E-state index in [0.717, 1.165) is 11.0 Å². The molecule has 1 amide bonds. The van der Waals surface area contributed by atoms with Gasteiger partial charge in [0.1, 0.15) is 0 Å². The number of rotatable bonds is 3. The predicted octanol–water partition coefficient (Wildman–Crippen LogP) is 2.78. The fourth-order valence-electron chi connectivity index (χ4n) is 3.16. The Morgan fingerprint density at radius 3 is 2.64 bits per heavy atom. The van der Waals surface area contributed by atoms with Crippen molar-refractivity contribution in [1.82, 2.24) is 15.3 Å². The molecule has 8 heteroatoms. The lowest BCUT2D eigenvalue weighted by Gasteiger charge is -2.26. The van der Waals surface area contributed by atoms with Crippen LogP contribution in [-0.4, -0.2) is 40.3 Å². The number of carboxylic acid groups (broad SMARTS) is 1. The van der Waals surface area contributed by atoms with E-state index in [1.165, 1.54) is 18.5 Å². The molecule has 2 aromatic rings. The molecule has 1 aromatic carbocycles. The first kappa shape index (κ1) is 17.2. The molecule has 0 saturated carbocycles. The van der Waals surface area contributed by atoms with Crippen LogP contribution in [0.4, 0.5) is 19.5 Å². The Morgan fingerprint density at radius 2 is 1.92 bits per heavy atom. The summed E-state index contributed by atoms with van der Waals surface area (Å²) in [6.45, 7) is 0.831. The topological polar surface area (TPSA) is 78.3 Å². The zero-order valence-electron chi connectivity index (χ0n) is 13.4. The smallest absolute Gasteiger partial charge is 0.414 e. The van der Waals surface area contributed by atoms with E-state index in [9.17, 15) is 18.7 Å². The van der Waals surface area contributed by atoms with Gasteiger partial charge in [0.15, 0.2) is 11.6 Å². The maximum absolute atomic E-state index is 14.0. The van der Waals surface area contributed by atoms with E-state index in [1.807, 2.05) is 0 Å². The van der Waals surface area contributed by atoms with Crippen LogP contribution < -0.4 is 10.2 Å². The average molecular weight is 348 g/mol. The van der Waals surface area contributed by atoms with Crippen LogP contribution in [0.1, 0.15) is 24.3 Å². The summed E-state index contributed by atoms with van der Waals surface area (Å²) in [5, 5.41) is 12.7. The van der Waals surface area contributed by atoms with E-state index in [2.05, 4.69) is 15.3 Å². The van der Waals surface area contributed by atoms with E-state index >= 15 is 0 Å². The molecule has 1 aliphatic heterocycles. The fraction of sp³-hybridized carbons (Fsp3) is 0.353. The van der Waals surface area contributed by atoms with E-state index in [-0.39, 0.29) is 17.9 Å². The first-order chi connectivity index (χ1) is 12.1. The van der Waals surface area contributed by atoms with Crippen molar-refractivity contribution in [1.29, 1.82) is 0 Å². The lowest BCUT2D eigenvalue weighted by molar-refractivity contribution is 0.198. The number of anilines is 1. The molecule has 132 valence electrons. The van der Waals surface area contributed by atoms with Crippen molar-refractivity contribution in [2.75, 3.05) is 18.0 Å². The highest BCUT2D eigenvalue weighted by molar-refractivity contribution is 5.84. The molecule has 2 heterocycles. The van der Waals surface area contributed by atoms with Crippen LogP contribution in [-0.2, 0) is 0 Å². The van der Waals surface area contributed by atoms with Gasteiger partial charge in [0, 0.05) is 25.5 Å². The lowest BCUT2D eigenvalue weighted by atomic mass is 9.93. The normalized spacial score (nSPS) is 20.7. The minimum Gasteiger partial charge on any atom is -0.465 e. The van der Waals surface area contributed by atoms with Gasteiger partial charge in [0.05, 0.1) is 6.04 Å². The quantitative estimate of drug-likeness (QED) is 0.892. The second-order valence-electron chi connectivity index (χ2n) is 5.93. The molecule has 2 atom stereocenters. The summed E-state index contributed by atoms with van der Waals surface area (Å²) in [6.07, 6.45) is 2.82. The van der Waals surface area contributed by atoms with Gasteiger partial charge < -0.3 is 10.4 Å². The summed E-state index contributed by atoms with van der Waals surface area (Å²) in [5.41, 5.74) is 0.311. The van der Waals surface area contributed by atoms with Crippen LogP contribution in [0.5, 0.6) is 0 Å². The molecular weight excluding hydrogens is 330 g/mol. The van der Waals surface area contributed by atoms with Gasteiger partial charge in [-0.3, -0.25) is 0 Å². The molecule has 1 saturated heterocycles. The van der Waals surface area contributed by atoms with Gasteiger partial charge >= 0.3 is 6.09 Å². The fourth-order valence-corrected chi connectivity index (χ4v) is 3.16. The molecule has 2 N–H and O–H groups in total. The standard InChI is InChI=1S/C17H18F2N4O2/c18-14-4-1-3-13(15(14)19)11-5-6-12(10-20-9-11)23(17(24)25)16-21-7-2-8-22-16/h1-4,7-8,11-12,20H,5-6,9-10H2,(H,24,25)/t11-,12-/m1/s1. The second-order valence-corrected chi connectivity index (χ2v) is 5.93. The number of nitrogens with zero attached hydrogens (tertiary/aromatic N) is 3. The van der Waals surface area contributed by atoms with Crippen LogP contribution in [0.15, 0.2) is 36.7 Å². The van der Waals surface area contributed by atoms with Gasteiger partial charge in [-0.05, 0) is 36.5 Å². The van der Waals surface area contributed by atoms with Crippen LogP contribution in [0.2, 0.25) is 0 Å². The number of benzene rings is 1. The maximum Gasteiger partial charge on any atom is 0.414 e. The largest absolute Gasteiger partial charge is 0.465 e. The molecule has 25 heavy (non-hydrogen) atoms. The third kappa shape index (κ3) is 3.74. The highest BCUT2D eigenvalue weighted by Gasteiger charge is 2.31. The van der Waals surface area contributed by atoms with Crippen LogP contribution in [0.3, 0.4) is 0 Å². The number of carbonyl (C=O) groups is 1. The molecule has 1 fully saturated rings. The Labute approximate surface area is 143 Å². The number of hydrogen-bond acceptors (Lipinski definition) is 4. The molecular formula is C17H18F2N4O2. The van der Waals surface area contributed by atoms with Gasteiger partial charge in [-0.2, -0.15) is 0 Å². The minimum atomic E-state index is -1.15. The van der Waals surface area contributed by atoms with Gasteiger partial charge in [-0.15, -0.1) is 0 Å². The average Bonchev–Trinajstić information content (AvgIpc) is 2.84. The van der Waals surface area contributed by atoms with Gasteiger partial charge in [0.2, 0.25) is 5.95 Å². The minimum absolute atomic E-state index is 0.109. The summed E-state index contributed by atoms with van der Waals surface area (Å²) in [4.78, 5) is 20.8. The third-order valence-electron chi connectivity index (χ3n) is 4.38. The Balaban J connectivity index is 1.78. The van der Waals surface area contributed by atoms with Gasteiger partial charge in [-0.25, -0.2) is 28.4 Å². The van der Waals surface area contributed by atoms with E-state index in [1.54, 1.807) is 12.1 Å². The highest BCUT2D eigenvalue weighted by Crippen LogP contribution is 2.28. The monoisotopic (exact) mass is 348 g/mol. The van der Waals surface area contributed by atoms with E-state index < -0.39 is 17.7 Å². The first-order valence-electron chi connectivity index (χ1n) is 8.01. The Kier molecular flexibility index (Phi) is 5.18. The predicted molar refractivity (Wildman–Crippen MR) is 87.5 cm³/mol. The summed E-state index contributed by atoms with van der Waals surface area (Å²) in [7, 11) is 0. The van der Waals surface area contributed by atoms with Gasteiger partial charge in [0.25, 0.3) is 0 Å². The third-order valence-corrected chi connectivity index (χ3v) is 4.38. The van der Waals surface area contributed by atoms with Crippen LogP contribution in [0, 0.1) is 11.6 Å². The van der Waals surface area contributed by atoms with E-state index in [0.29, 0.717) is 31.5 Å². The van der Waals surface area contributed by atoms with Crippen molar-refractivity contribution in [3.63, 3.8) is 0 Å². The molecule has 1 aliphatic rings. The van der Waals surface area contributed by atoms with Crippen molar-refractivity contribution in [3.8, 4) is 0 Å². The molecule has 0 radical (unpaired) electrons. The van der Waals surface area contributed by atoms with Crippen LogP contribution in [0.25, 0.3) is 0 Å². The zero-order valence-corrected chi connectivity index (χ0v) is 13.4. The molecule has 0 spiro atoms. The summed E-state index contributed by atoms with van der Waals surface area (Å²) >= 11 is 0. The van der Waals surface area contributed by atoms with Crippen molar-refractivity contribution < 1.29 is 18.7 Å². The second kappa shape index (κ2) is 7.52. The summed E-state index contributed by atoms with van der Waals surface area (Å²) < 4.78 is 27.5. The van der Waals surface area contributed by atoms with Crippen molar-refractivity contribution in [3.05, 3.63) is 53.9 Å². The SMILES string of the molecule is O=C(O)N(c1ncccn1)[C@@H]1CC[C@@H](c2cccc(F)c2F)CNC1. The lowest BCUT2D eigenvalue weighted by Crippen LogP contribution is -2.45. The van der Waals surface area contributed by atoms with Crippen molar-refractivity contribution >= 4 is 12.0 Å². The van der Waals surface area contributed by atoms with E-state index in [4.69, 9.17) is 0 Å². The number of hydrogen-bond donors (Lipinski definition) is 2. The molecule has 0 bridgehead atoms. The molecule has 6 nitrogen and oxygen atoms in total. The maximum atomic E-state index is 14.0. The summed E-state index contributed by atoms with van der Waals surface area (Å²) in [5.74, 6) is -1.83. The number of nitrogens with one attached hydrogen (secondary N) is 1. The van der Waals surface area contributed by atoms with Crippen LogP contribution >= 0.6 is 0 Å². The Morgan fingerprint density at radius 1 is 1.16 bits per heavy atom. The molecule has 1 aromatic heterocycles. The first-order valence-corrected chi connectivity index (χ1v) is 8.01. The number of amides is 1. The molecule has 3 rings (SSSR count). The van der Waals surface area contributed by atoms with Gasteiger partial charge in [-0.1, -0.05) is 12.1 Å². The Bertz CT molecular complexity index is 745. The summed E-state index contributed by atoms with van der Waals surface area (Å²) in [6, 6.07) is 5.36. The Hall–Kier alpha value is -2.61. The molecule has 0 unspecified atom stereocenters. The highest BCUT2D eigenvalue weighted by atomic mass is 19.2. The molecule has 0 aliphatic carbocycles. The zero-order chi connectivity index (χ0) is 17.8. The van der Waals surface area contributed by atoms with Crippen molar-refractivity contribution in [2.24, 2.45) is 0 Å².